The standard InChI is InChI=1S/C26H27F3N4O6S2/c1-32-10-12-33(13-11-32)22(34)8-4-16-2-5-17(6-3-16)18-15-25(18,24(35)36)31-41(37,38)23-9-7-20(40-23)19-14-21(39-30-19)26(27,28)29/h2-3,5-7,9,14,18,31H,4,8,10-13,15H2,1H3,(H,35,36)/t18-,25-/m0/s1. The Balaban J connectivity index is 1.23. The minimum absolute atomic E-state index is 0.0270. The number of aromatic nitrogens is 1. The molecule has 1 aliphatic carbocycles. The van der Waals surface area contributed by atoms with Crippen molar-refractivity contribution >= 4 is 33.2 Å². The number of carboxylic acids is 1. The van der Waals surface area contributed by atoms with Crippen LogP contribution in [0.25, 0.3) is 10.6 Å². The first-order chi connectivity index (χ1) is 19.3. The van der Waals surface area contributed by atoms with Crippen molar-refractivity contribution in [2.45, 2.75) is 41.1 Å². The first-order valence-corrected chi connectivity index (χ1v) is 15.0. The molecule has 0 radical (unpaired) electrons. The molecule has 2 fully saturated rings. The molecule has 1 saturated carbocycles. The molecule has 2 atom stereocenters. The molecule has 10 nitrogen and oxygen atoms in total. The van der Waals surface area contributed by atoms with Crippen molar-refractivity contribution < 1.29 is 40.8 Å². The van der Waals surface area contributed by atoms with Crippen LogP contribution in [-0.2, 0) is 32.2 Å². The van der Waals surface area contributed by atoms with Gasteiger partial charge < -0.3 is 19.4 Å². The molecule has 15 heteroatoms. The highest BCUT2D eigenvalue weighted by Gasteiger charge is 2.63. The quantitative estimate of drug-likeness (QED) is 0.376. The zero-order valence-corrected chi connectivity index (χ0v) is 23.5. The van der Waals surface area contributed by atoms with Crippen molar-refractivity contribution in [1.82, 2.24) is 19.7 Å². The molecule has 3 heterocycles. The molecule has 220 valence electrons. The molecule has 3 aromatic rings. The average Bonchev–Trinajstić information content (AvgIpc) is 3.27. The number of hydrogen-bond donors (Lipinski definition) is 2. The zero-order valence-electron chi connectivity index (χ0n) is 21.8. The van der Waals surface area contributed by atoms with Crippen LogP contribution in [0.15, 0.2) is 51.2 Å². The number of nitrogens with zero attached hydrogens (tertiary/aromatic N) is 3. The Bertz CT molecular complexity index is 1550. The summed E-state index contributed by atoms with van der Waals surface area (Å²) in [5.41, 5.74) is -0.407. The summed E-state index contributed by atoms with van der Waals surface area (Å²) in [6.07, 6.45) is -3.82. The number of benzene rings is 1. The lowest BCUT2D eigenvalue weighted by Crippen LogP contribution is -2.47. The van der Waals surface area contributed by atoms with Crippen LogP contribution in [0.3, 0.4) is 0 Å². The van der Waals surface area contributed by atoms with E-state index in [0.717, 1.165) is 18.7 Å². The SMILES string of the molecule is CN1CCN(C(=O)CCc2ccc([C@@H]3C[C@@]3(NS(=O)(=O)c3ccc(-c4cc(C(F)(F)F)on4)s3)C(=O)O)cc2)CC1. The molecule has 0 bridgehead atoms. The van der Waals surface area contributed by atoms with Gasteiger partial charge in [0, 0.05) is 44.6 Å². The van der Waals surface area contributed by atoms with Crippen molar-refractivity contribution in [3.05, 3.63) is 59.4 Å². The largest absolute Gasteiger partial charge is 0.480 e. The number of likely N-dealkylation sites (N-methyl/N-ethyl adjacent to an activating group) is 1. The van der Waals surface area contributed by atoms with E-state index in [0.29, 0.717) is 48.9 Å². The van der Waals surface area contributed by atoms with E-state index >= 15 is 0 Å². The van der Waals surface area contributed by atoms with Crippen LogP contribution in [0.5, 0.6) is 0 Å². The van der Waals surface area contributed by atoms with Crippen LogP contribution in [0.4, 0.5) is 13.2 Å². The van der Waals surface area contributed by atoms with Gasteiger partial charge in [0.25, 0.3) is 10.0 Å². The summed E-state index contributed by atoms with van der Waals surface area (Å²) in [6.45, 7) is 3.09. The average molecular weight is 613 g/mol. The fourth-order valence-electron chi connectivity index (χ4n) is 4.86. The van der Waals surface area contributed by atoms with E-state index in [9.17, 15) is 36.3 Å². The van der Waals surface area contributed by atoms with Crippen molar-refractivity contribution in [1.29, 1.82) is 0 Å². The lowest BCUT2D eigenvalue weighted by Gasteiger charge is -2.32. The number of sulfonamides is 1. The number of piperazine rings is 1. The number of hydrogen-bond acceptors (Lipinski definition) is 8. The third-order valence-corrected chi connectivity index (χ3v) is 10.5. The van der Waals surface area contributed by atoms with Gasteiger partial charge in [0.2, 0.25) is 11.7 Å². The minimum atomic E-state index is -4.74. The van der Waals surface area contributed by atoms with Crippen molar-refractivity contribution in [3.8, 4) is 10.6 Å². The van der Waals surface area contributed by atoms with E-state index < -0.39 is 39.4 Å². The maximum Gasteiger partial charge on any atom is 0.452 e. The number of aryl methyl sites for hydroxylation is 1. The predicted molar refractivity (Wildman–Crippen MR) is 142 cm³/mol. The maximum atomic E-state index is 13.1. The lowest BCUT2D eigenvalue weighted by atomic mass is 10.0. The molecule has 2 aliphatic rings. The first kappa shape index (κ1) is 29.2. The summed E-state index contributed by atoms with van der Waals surface area (Å²) >= 11 is 0.648. The Hall–Kier alpha value is -3.27. The minimum Gasteiger partial charge on any atom is -0.480 e. The van der Waals surface area contributed by atoms with Crippen LogP contribution in [0, 0.1) is 0 Å². The highest BCUT2D eigenvalue weighted by molar-refractivity contribution is 7.91. The van der Waals surface area contributed by atoms with Gasteiger partial charge >= 0.3 is 12.1 Å². The van der Waals surface area contributed by atoms with E-state index in [1.54, 1.807) is 12.1 Å². The predicted octanol–water partition coefficient (Wildman–Crippen LogP) is 3.42. The highest BCUT2D eigenvalue weighted by Crippen LogP contribution is 2.52. The summed E-state index contributed by atoms with van der Waals surface area (Å²) in [4.78, 5) is 28.9. The molecule has 0 spiro atoms. The van der Waals surface area contributed by atoms with Crippen molar-refractivity contribution in [2.75, 3.05) is 33.2 Å². The number of carbonyl (C=O) groups is 2. The normalized spacial score (nSPS) is 21.7. The third kappa shape index (κ3) is 6.17. The Morgan fingerprint density at radius 3 is 2.44 bits per heavy atom. The number of nitrogens with one attached hydrogen (secondary N) is 1. The number of thiophene rings is 1. The van der Waals surface area contributed by atoms with Gasteiger partial charge in [0.05, 0.1) is 4.88 Å². The van der Waals surface area contributed by atoms with Crippen LogP contribution < -0.4 is 4.72 Å². The van der Waals surface area contributed by atoms with E-state index in [2.05, 4.69) is 19.3 Å². The molecular formula is C26H27F3N4O6S2. The van der Waals surface area contributed by atoms with Crippen LogP contribution in [-0.4, -0.2) is 79.1 Å². The smallest absolute Gasteiger partial charge is 0.452 e. The monoisotopic (exact) mass is 612 g/mol. The van der Waals surface area contributed by atoms with E-state index in [1.807, 2.05) is 24.1 Å². The van der Waals surface area contributed by atoms with Gasteiger partial charge in [-0.1, -0.05) is 29.4 Å². The van der Waals surface area contributed by atoms with Crippen LogP contribution in [0.2, 0.25) is 0 Å². The zero-order chi connectivity index (χ0) is 29.6. The number of alkyl halides is 3. The van der Waals surface area contributed by atoms with Gasteiger partial charge in [-0.2, -0.15) is 17.9 Å². The molecule has 41 heavy (non-hydrogen) atoms. The van der Waals surface area contributed by atoms with Crippen LogP contribution in [0.1, 0.15) is 35.6 Å². The summed E-state index contributed by atoms with van der Waals surface area (Å²) in [5.74, 6) is -3.19. The van der Waals surface area contributed by atoms with Crippen molar-refractivity contribution in [2.24, 2.45) is 0 Å². The topological polar surface area (TPSA) is 133 Å². The van der Waals surface area contributed by atoms with Crippen LogP contribution >= 0.6 is 11.3 Å². The number of halogens is 3. The van der Waals surface area contributed by atoms with Gasteiger partial charge in [-0.3, -0.25) is 9.59 Å². The van der Waals surface area contributed by atoms with E-state index in [1.165, 1.54) is 12.1 Å². The summed E-state index contributed by atoms with van der Waals surface area (Å²) in [5, 5.41) is 13.3. The molecule has 1 amide bonds. The molecule has 0 unspecified atom stereocenters. The number of aliphatic carboxylic acids is 1. The number of carboxylic acid groups (broad SMARTS) is 1. The highest BCUT2D eigenvalue weighted by atomic mass is 32.2. The van der Waals surface area contributed by atoms with Gasteiger partial charge in [-0.15, -0.1) is 11.3 Å². The second-order valence-corrected chi connectivity index (χ2v) is 13.3. The fraction of sp³-hybridized carbons (Fsp3) is 0.423. The molecule has 1 saturated heterocycles. The first-order valence-electron chi connectivity index (χ1n) is 12.8. The number of carbonyl (C=O) groups excluding carboxylic acids is 1. The van der Waals surface area contributed by atoms with Gasteiger partial charge in [-0.25, -0.2) is 8.42 Å². The van der Waals surface area contributed by atoms with Crippen molar-refractivity contribution in [3.63, 3.8) is 0 Å². The summed E-state index contributed by atoms with van der Waals surface area (Å²) < 4.78 is 71.0. The Kier molecular flexibility index (Phi) is 7.74. The molecule has 5 rings (SSSR count). The lowest BCUT2D eigenvalue weighted by molar-refractivity contribution is -0.155. The fourth-order valence-corrected chi connectivity index (χ4v) is 7.52. The summed E-state index contributed by atoms with van der Waals surface area (Å²) in [6, 6.07) is 10.2. The maximum absolute atomic E-state index is 13.1. The second kappa shape index (κ2) is 10.9. The van der Waals surface area contributed by atoms with Gasteiger partial charge in [0.1, 0.15) is 15.4 Å². The second-order valence-electron chi connectivity index (χ2n) is 10.3. The molecule has 1 aliphatic heterocycles. The third-order valence-electron chi connectivity index (χ3n) is 7.41. The van der Waals surface area contributed by atoms with Gasteiger partial charge in [-0.05, 0) is 43.1 Å². The Morgan fingerprint density at radius 2 is 1.83 bits per heavy atom. The molecule has 2 N–H and O–H groups in total. The Morgan fingerprint density at radius 1 is 1.15 bits per heavy atom. The van der Waals surface area contributed by atoms with E-state index in [4.69, 9.17) is 0 Å². The molecule has 1 aromatic carbocycles. The summed E-state index contributed by atoms with van der Waals surface area (Å²) in [7, 11) is -2.31. The van der Waals surface area contributed by atoms with E-state index in [-0.39, 0.29) is 27.1 Å². The molecule has 2 aromatic heterocycles. The Labute approximate surface area is 237 Å². The van der Waals surface area contributed by atoms with Gasteiger partial charge in [0.15, 0.2) is 0 Å². The number of amides is 1. The number of rotatable bonds is 9. The molecular weight excluding hydrogens is 585 g/mol.